The van der Waals surface area contributed by atoms with Crippen LogP contribution in [0, 0.1) is 6.92 Å². The maximum Gasteiger partial charge on any atom is 0.137 e. The molecule has 27 heavy (non-hydrogen) atoms. The lowest BCUT2D eigenvalue weighted by molar-refractivity contribution is 0.0786. The summed E-state index contributed by atoms with van der Waals surface area (Å²) in [4.78, 5) is 4.78. The Morgan fingerprint density at radius 2 is 1.67 bits per heavy atom. The molecule has 4 aromatic rings. The average Bonchev–Trinajstić information content (AvgIpc) is 2.97. The van der Waals surface area contributed by atoms with E-state index in [2.05, 4.69) is 29.7 Å². The summed E-state index contributed by atoms with van der Waals surface area (Å²) >= 11 is 6.15. The number of fused-ring (bicyclic) bond motifs is 1. The van der Waals surface area contributed by atoms with Crippen molar-refractivity contribution in [3.8, 4) is 22.4 Å². The first kappa shape index (κ1) is 17.8. The number of aromatic nitrogens is 2. The van der Waals surface area contributed by atoms with Gasteiger partial charge in [-0.3, -0.25) is 0 Å². The van der Waals surface area contributed by atoms with E-state index < -0.39 is 5.60 Å². The minimum Gasteiger partial charge on any atom is -0.386 e. The minimum absolute atomic E-state index is 0.702. The Bertz CT molecular complexity index is 1140. The highest BCUT2D eigenvalue weighted by Crippen LogP contribution is 2.30. The number of rotatable bonds is 3. The van der Waals surface area contributed by atoms with E-state index in [4.69, 9.17) is 16.6 Å². The molecule has 2 aromatic heterocycles. The third-order valence-electron chi connectivity index (χ3n) is 4.86. The highest BCUT2D eigenvalue weighted by molar-refractivity contribution is 6.30. The molecule has 0 fully saturated rings. The van der Waals surface area contributed by atoms with Gasteiger partial charge >= 0.3 is 0 Å². The van der Waals surface area contributed by atoms with Gasteiger partial charge in [0.15, 0.2) is 0 Å². The maximum atomic E-state index is 10.3. The van der Waals surface area contributed by atoms with Gasteiger partial charge < -0.3 is 9.51 Å². The van der Waals surface area contributed by atoms with Crippen molar-refractivity contribution in [1.29, 1.82) is 0 Å². The molecule has 0 aliphatic carbocycles. The lowest BCUT2D eigenvalue weighted by Crippen LogP contribution is -2.15. The fourth-order valence-corrected chi connectivity index (χ4v) is 3.51. The largest absolute Gasteiger partial charge is 0.386 e. The molecule has 0 aliphatic rings. The number of pyridine rings is 1. The SMILES string of the molecule is Cc1c(-c2cccc(Cl)c2)nc2ccc(-c3cccc(C(C)(C)O)c3)cn12. The topological polar surface area (TPSA) is 37.5 Å². The number of aryl methyl sites for hydroxylation is 1. The van der Waals surface area contributed by atoms with Crippen molar-refractivity contribution < 1.29 is 5.11 Å². The molecule has 0 radical (unpaired) electrons. The van der Waals surface area contributed by atoms with Gasteiger partial charge in [-0.25, -0.2) is 4.98 Å². The Kier molecular flexibility index (Phi) is 4.29. The normalized spacial score (nSPS) is 11.9. The molecule has 0 saturated carbocycles. The van der Waals surface area contributed by atoms with Crippen molar-refractivity contribution in [3.05, 3.63) is 83.1 Å². The monoisotopic (exact) mass is 376 g/mol. The van der Waals surface area contributed by atoms with Crippen molar-refractivity contribution in [2.75, 3.05) is 0 Å². The van der Waals surface area contributed by atoms with E-state index in [0.29, 0.717) is 5.02 Å². The number of benzene rings is 2. The van der Waals surface area contributed by atoms with Gasteiger partial charge in [-0.05, 0) is 67.8 Å². The highest BCUT2D eigenvalue weighted by Gasteiger charge is 2.17. The fourth-order valence-electron chi connectivity index (χ4n) is 3.32. The molecule has 0 unspecified atom stereocenters. The number of imidazole rings is 1. The Balaban J connectivity index is 1.83. The number of hydrogen-bond acceptors (Lipinski definition) is 2. The lowest BCUT2D eigenvalue weighted by atomic mass is 9.95. The zero-order valence-electron chi connectivity index (χ0n) is 15.6. The molecule has 2 aromatic carbocycles. The van der Waals surface area contributed by atoms with Crippen LogP contribution in [0.4, 0.5) is 0 Å². The van der Waals surface area contributed by atoms with Gasteiger partial charge in [0.2, 0.25) is 0 Å². The van der Waals surface area contributed by atoms with Crippen molar-refractivity contribution in [2.24, 2.45) is 0 Å². The van der Waals surface area contributed by atoms with Crippen molar-refractivity contribution in [1.82, 2.24) is 9.38 Å². The third-order valence-corrected chi connectivity index (χ3v) is 5.09. The summed E-state index contributed by atoms with van der Waals surface area (Å²) in [6.45, 7) is 5.66. The molecule has 136 valence electrons. The van der Waals surface area contributed by atoms with Crippen molar-refractivity contribution in [2.45, 2.75) is 26.4 Å². The molecule has 3 nitrogen and oxygen atoms in total. The predicted molar refractivity (Wildman–Crippen MR) is 111 cm³/mol. The second-order valence-corrected chi connectivity index (χ2v) is 7.78. The summed E-state index contributed by atoms with van der Waals surface area (Å²) in [5.41, 5.74) is 6.06. The zero-order valence-corrected chi connectivity index (χ0v) is 16.3. The molecule has 0 aliphatic heterocycles. The lowest BCUT2D eigenvalue weighted by Gasteiger charge is -2.18. The number of nitrogens with zero attached hydrogens (tertiary/aromatic N) is 2. The van der Waals surface area contributed by atoms with Crippen LogP contribution in [-0.4, -0.2) is 14.5 Å². The van der Waals surface area contributed by atoms with E-state index in [-0.39, 0.29) is 0 Å². The molecular weight excluding hydrogens is 356 g/mol. The van der Waals surface area contributed by atoms with Crippen molar-refractivity contribution >= 4 is 17.2 Å². The van der Waals surface area contributed by atoms with Gasteiger partial charge in [0.25, 0.3) is 0 Å². The summed E-state index contributed by atoms with van der Waals surface area (Å²) in [5.74, 6) is 0. The highest BCUT2D eigenvalue weighted by atomic mass is 35.5. The molecule has 2 heterocycles. The summed E-state index contributed by atoms with van der Waals surface area (Å²) in [7, 11) is 0. The van der Waals surface area contributed by atoms with E-state index in [0.717, 1.165) is 39.3 Å². The third kappa shape index (κ3) is 3.36. The van der Waals surface area contributed by atoms with E-state index in [9.17, 15) is 5.11 Å². The van der Waals surface area contributed by atoms with Crippen LogP contribution < -0.4 is 0 Å². The summed E-state index contributed by atoms with van der Waals surface area (Å²) < 4.78 is 2.10. The Morgan fingerprint density at radius 1 is 0.926 bits per heavy atom. The quantitative estimate of drug-likeness (QED) is 0.486. The van der Waals surface area contributed by atoms with Gasteiger partial charge in [-0.2, -0.15) is 0 Å². The molecule has 0 spiro atoms. The summed E-state index contributed by atoms with van der Waals surface area (Å²) in [6, 6.07) is 19.9. The first-order valence-corrected chi connectivity index (χ1v) is 9.29. The van der Waals surface area contributed by atoms with Gasteiger partial charge in [-0.15, -0.1) is 0 Å². The Hall–Kier alpha value is -2.62. The standard InChI is InChI=1S/C23H21ClN2O/c1-15-22(17-7-5-9-20(24)13-17)25-21-11-10-18(14-26(15)21)16-6-4-8-19(12-16)23(2,3)27/h4-14,27H,1-3H3. The predicted octanol–water partition coefficient (Wildman–Crippen LogP) is 5.86. The van der Waals surface area contributed by atoms with Gasteiger partial charge in [-0.1, -0.05) is 41.9 Å². The first-order valence-electron chi connectivity index (χ1n) is 8.91. The molecule has 0 atom stereocenters. The zero-order chi connectivity index (χ0) is 19.2. The molecule has 4 heteroatoms. The number of aliphatic hydroxyl groups is 1. The smallest absolute Gasteiger partial charge is 0.137 e. The van der Waals surface area contributed by atoms with Crippen LogP contribution in [0.15, 0.2) is 66.9 Å². The van der Waals surface area contributed by atoms with E-state index in [1.165, 1.54) is 0 Å². The second-order valence-electron chi connectivity index (χ2n) is 7.34. The number of hydrogen-bond donors (Lipinski definition) is 1. The first-order chi connectivity index (χ1) is 12.8. The van der Waals surface area contributed by atoms with Gasteiger partial charge in [0.05, 0.1) is 11.3 Å². The second kappa shape index (κ2) is 6.52. The molecule has 4 rings (SSSR count). The molecule has 0 amide bonds. The summed E-state index contributed by atoms with van der Waals surface area (Å²) in [6.07, 6.45) is 2.09. The van der Waals surface area contributed by atoms with E-state index >= 15 is 0 Å². The van der Waals surface area contributed by atoms with Crippen LogP contribution >= 0.6 is 11.6 Å². The van der Waals surface area contributed by atoms with Gasteiger partial charge in [0, 0.05) is 22.5 Å². The Morgan fingerprint density at radius 3 is 2.41 bits per heavy atom. The fraction of sp³-hybridized carbons (Fsp3) is 0.174. The Labute approximate surface area is 163 Å². The molecule has 1 N–H and O–H groups in total. The van der Waals surface area contributed by atoms with Gasteiger partial charge in [0.1, 0.15) is 5.65 Å². The van der Waals surface area contributed by atoms with Crippen LogP contribution in [0.3, 0.4) is 0 Å². The van der Waals surface area contributed by atoms with E-state index in [1.54, 1.807) is 13.8 Å². The van der Waals surface area contributed by atoms with Crippen LogP contribution in [0.1, 0.15) is 25.1 Å². The maximum absolute atomic E-state index is 10.3. The minimum atomic E-state index is -0.870. The van der Waals surface area contributed by atoms with Crippen molar-refractivity contribution in [3.63, 3.8) is 0 Å². The van der Waals surface area contributed by atoms with Crippen LogP contribution in [-0.2, 0) is 5.60 Å². The average molecular weight is 377 g/mol. The molecule has 0 bridgehead atoms. The van der Waals surface area contributed by atoms with Crippen LogP contribution in [0.2, 0.25) is 5.02 Å². The molecular formula is C23H21ClN2O. The molecule has 0 saturated heterocycles. The van der Waals surface area contributed by atoms with E-state index in [1.807, 2.05) is 48.5 Å². The van der Waals surface area contributed by atoms with Crippen LogP contribution in [0.25, 0.3) is 28.0 Å². The summed E-state index contributed by atoms with van der Waals surface area (Å²) in [5, 5.41) is 11.0. The number of halogens is 1. The van der Waals surface area contributed by atoms with Crippen LogP contribution in [0.5, 0.6) is 0 Å².